The van der Waals surface area contributed by atoms with Crippen LogP contribution in [0.2, 0.25) is 5.02 Å². The van der Waals surface area contributed by atoms with E-state index in [4.69, 9.17) is 28.6 Å². The van der Waals surface area contributed by atoms with Gasteiger partial charge in [0.2, 0.25) is 4.77 Å². The fourth-order valence-electron chi connectivity index (χ4n) is 2.36. The van der Waals surface area contributed by atoms with Gasteiger partial charge in [0.25, 0.3) is 5.69 Å². The summed E-state index contributed by atoms with van der Waals surface area (Å²) in [6, 6.07) is 2.30. The van der Waals surface area contributed by atoms with Crippen LogP contribution in [0.4, 0.5) is 5.69 Å². The Kier molecular flexibility index (Phi) is 4.60. The number of nitrogens with zero attached hydrogens (tertiary/aromatic N) is 4. The molecule has 0 bridgehead atoms. The molecule has 9 nitrogen and oxygen atoms in total. The van der Waals surface area contributed by atoms with Gasteiger partial charge in [0.05, 0.1) is 11.1 Å². The smallest absolute Gasteiger partial charge is 0.263 e. The maximum Gasteiger partial charge on any atom is 0.263 e. The first-order valence-corrected chi connectivity index (χ1v) is 7.74. The molecule has 3 rings (SSSR count). The minimum absolute atomic E-state index is 0.0180. The molecule has 1 aromatic carbocycles. The van der Waals surface area contributed by atoms with Crippen LogP contribution < -0.4 is 5.11 Å². The molecular formula is C13H11ClN5O4S-. The summed E-state index contributed by atoms with van der Waals surface area (Å²) in [7, 11) is 0. The van der Waals surface area contributed by atoms with Crippen LogP contribution in [0.5, 0.6) is 5.75 Å². The molecule has 0 unspecified atom stereocenters. The molecular weight excluding hydrogens is 358 g/mol. The molecule has 0 radical (unpaired) electrons. The molecule has 0 aliphatic carbocycles. The number of nitrogens with one attached hydrogen (secondary N) is 1. The Hall–Kier alpha value is -2.30. The van der Waals surface area contributed by atoms with Gasteiger partial charge in [-0.05, 0) is 42.4 Å². The van der Waals surface area contributed by atoms with Gasteiger partial charge in [-0.1, -0.05) is 11.6 Å². The molecule has 1 aliphatic heterocycles. The third-order valence-electron chi connectivity index (χ3n) is 3.46. The van der Waals surface area contributed by atoms with Crippen molar-refractivity contribution in [3.8, 4) is 5.75 Å². The Morgan fingerprint density at radius 2 is 2.38 bits per heavy atom. The quantitative estimate of drug-likeness (QED) is 0.382. The molecule has 1 aliphatic rings. The monoisotopic (exact) mass is 368 g/mol. The number of H-pyrrole nitrogens is 1. The second-order valence-corrected chi connectivity index (χ2v) is 5.87. The van der Waals surface area contributed by atoms with E-state index in [1.165, 1.54) is 17.0 Å². The SMILES string of the molecule is O=[N+]([O-])c1cc(Cl)cc(/C=N\n2c([C@H]3CCCO3)n[nH]c2=S)c1[O-]. The molecule has 1 aromatic heterocycles. The highest BCUT2D eigenvalue weighted by atomic mass is 35.5. The first kappa shape index (κ1) is 16.6. The minimum Gasteiger partial charge on any atom is -0.867 e. The van der Waals surface area contributed by atoms with Crippen molar-refractivity contribution < 1.29 is 14.8 Å². The Morgan fingerprint density at radius 1 is 1.58 bits per heavy atom. The van der Waals surface area contributed by atoms with Crippen LogP contribution in [0.3, 0.4) is 0 Å². The maximum absolute atomic E-state index is 12.1. The summed E-state index contributed by atoms with van der Waals surface area (Å²) in [5.74, 6) is -0.292. The third kappa shape index (κ3) is 3.16. The van der Waals surface area contributed by atoms with Gasteiger partial charge in [-0.2, -0.15) is 14.9 Å². The summed E-state index contributed by atoms with van der Waals surface area (Å²) in [6.45, 7) is 0.624. The van der Waals surface area contributed by atoms with Crippen molar-refractivity contribution in [1.82, 2.24) is 14.9 Å². The second-order valence-electron chi connectivity index (χ2n) is 5.05. The Labute approximate surface area is 145 Å². The Bertz CT molecular complexity index is 872. The van der Waals surface area contributed by atoms with Crippen LogP contribution in [0.25, 0.3) is 0 Å². The van der Waals surface area contributed by atoms with E-state index in [-0.39, 0.29) is 21.5 Å². The Morgan fingerprint density at radius 3 is 3.04 bits per heavy atom. The lowest BCUT2D eigenvalue weighted by atomic mass is 10.2. The minimum atomic E-state index is -0.785. The molecule has 1 saturated heterocycles. The van der Waals surface area contributed by atoms with E-state index in [0.29, 0.717) is 12.4 Å². The van der Waals surface area contributed by atoms with E-state index < -0.39 is 16.4 Å². The van der Waals surface area contributed by atoms with E-state index in [9.17, 15) is 15.2 Å². The molecule has 2 aromatic rings. The van der Waals surface area contributed by atoms with Gasteiger partial charge in [-0.15, -0.1) is 0 Å². The molecule has 0 saturated carbocycles. The van der Waals surface area contributed by atoms with Crippen molar-refractivity contribution in [3.05, 3.63) is 43.4 Å². The van der Waals surface area contributed by atoms with Crippen LogP contribution in [-0.2, 0) is 4.74 Å². The second kappa shape index (κ2) is 6.67. The average molecular weight is 369 g/mol. The lowest BCUT2D eigenvalue weighted by Gasteiger charge is -2.11. The molecule has 0 spiro atoms. The highest BCUT2D eigenvalue weighted by molar-refractivity contribution is 7.71. The number of halogens is 1. The molecule has 2 heterocycles. The summed E-state index contributed by atoms with van der Waals surface area (Å²) in [5.41, 5.74) is -0.630. The number of benzene rings is 1. The van der Waals surface area contributed by atoms with Crippen molar-refractivity contribution in [1.29, 1.82) is 0 Å². The number of ether oxygens (including phenoxy) is 1. The van der Waals surface area contributed by atoms with E-state index in [2.05, 4.69) is 15.3 Å². The predicted molar refractivity (Wildman–Crippen MR) is 85.9 cm³/mol. The van der Waals surface area contributed by atoms with Crippen LogP contribution in [-0.4, -0.2) is 32.6 Å². The molecule has 1 N–H and O–H groups in total. The number of hydrogen-bond acceptors (Lipinski definition) is 7. The van der Waals surface area contributed by atoms with E-state index in [1.807, 2.05) is 0 Å². The van der Waals surface area contributed by atoms with Gasteiger partial charge in [-0.3, -0.25) is 15.2 Å². The first-order valence-electron chi connectivity index (χ1n) is 6.95. The van der Waals surface area contributed by atoms with Crippen molar-refractivity contribution in [2.45, 2.75) is 18.9 Å². The van der Waals surface area contributed by atoms with Gasteiger partial charge in [-0.25, -0.2) is 0 Å². The van der Waals surface area contributed by atoms with Crippen LogP contribution in [0, 0.1) is 14.9 Å². The third-order valence-corrected chi connectivity index (χ3v) is 3.95. The lowest BCUT2D eigenvalue weighted by Crippen LogP contribution is -2.06. The zero-order valence-electron chi connectivity index (χ0n) is 12.1. The highest BCUT2D eigenvalue weighted by Gasteiger charge is 2.23. The Balaban J connectivity index is 1.99. The summed E-state index contributed by atoms with van der Waals surface area (Å²) in [6.07, 6.45) is 2.62. The number of hydrogen-bond donors (Lipinski definition) is 1. The molecule has 24 heavy (non-hydrogen) atoms. The van der Waals surface area contributed by atoms with Gasteiger partial charge < -0.3 is 9.84 Å². The highest BCUT2D eigenvalue weighted by Crippen LogP contribution is 2.30. The molecule has 1 fully saturated rings. The summed E-state index contributed by atoms with van der Waals surface area (Å²) in [5, 5.41) is 33.9. The van der Waals surface area contributed by atoms with Crippen molar-refractivity contribution in [2.24, 2.45) is 5.10 Å². The standard InChI is InChI=1S/C13H12ClN5O4S/c14-8-4-7(11(20)9(5-8)19(21)22)6-15-18-12(16-17-13(18)24)10-2-1-3-23-10/h4-6,10,20H,1-3H2,(H,17,24)/p-1/b15-6-/t10-/m1/s1. The summed E-state index contributed by atoms with van der Waals surface area (Å²) < 4.78 is 7.10. The number of nitro benzene ring substituents is 1. The van der Waals surface area contributed by atoms with Gasteiger partial charge in [0.15, 0.2) is 5.82 Å². The zero-order chi connectivity index (χ0) is 17.3. The maximum atomic E-state index is 12.1. The largest absolute Gasteiger partial charge is 0.867 e. The number of nitro groups is 1. The first-order chi connectivity index (χ1) is 11.5. The van der Waals surface area contributed by atoms with Crippen LogP contribution in [0.1, 0.15) is 30.3 Å². The van der Waals surface area contributed by atoms with E-state index in [0.717, 1.165) is 18.9 Å². The number of aromatic amines is 1. The van der Waals surface area contributed by atoms with E-state index in [1.54, 1.807) is 0 Å². The number of aromatic nitrogens is 3. The fraction of sp³-hybridized carbons (Fsp3) is 0.308. The van der Waals surface area contributed by atoms with Gasteiger partial charge in [0.1, 0.15) is 6.10 Å². The van der Waals surface area contributed by atoms with Crippen LogP contribution >= 0.6 is 23.8 Å². The summed E-state index contributed by atoms with van der Waals surface area (Å²) >= 11 is 10.9. The molecule has 11 heteroatoms. The normalized spacial score (nSPS) is 17.6. The van der Waals surface area contributed by atoms with Crippen LogP contribution in [0.15, 0.2) is 17.2 Å². The van der Waals surface area contributed by atoms with Gasteiger partial charge >= 0.3 is 0 Å². The summed E-state index contributed by atoms with van der Waals surface area (Å²) in [4.78, 5) is 10.1. The van der Waals surface area contributed by atoms with Gasteiger partial charge in [0, 0.05) is 17.7 Å². The van der Waals surface area contributed by atoms with Crippen molar-refractivity contribution in [2.75, 3.05) is 6.61 Å². The van der Waals surface area contributed by atoms with E-state index >= 15 is 0 Å². The number of rotatable bonds is 4. The van der Waals surface area contributed by atoms with Crippen molar-refractivity contribution in [3.63, 3.8) is 0 Å². The lowest BCUT2D eigenvalue weighted by molar-refractivity contribution is -0.398. The topological polar surface area (TPSA) is 121 Å². The fourth-order valence-corrected chi connectivity index (χ4v) is 2.76. The zero-order valence-corrected chi connectivity index (χ0v) is 13.7. The van der Waals surface area contributed by atoms with Crippen molar-refractivity contribution >= 4 is 35.7 Å². The molecule has 1 atom stereocenters. The average Bonchev–Trinajstić information content (AvgIpc) is 3.17. The molecule has 0 amide bonds. The predicted octanol–water partition coefficient (Wildman–Crippen LogP) is 2.31. The molecule has 126 valence electrons.